The first-order valence-electron chi connectivity index (χ1n) is 10.7. The number of aryl methyl sites for hydroxylation is 3. The smallest absolute Gasteiger partial charge is 0.134 e. The number of fused-ring (bicyclic) bond motifs is 1. The van der Waals surface area contributed by atoms with Gasteiger partial charge in [-0.1, -0.05) is 18.2 Å². The van der Waals surface area contributed by atoms with E-state index in [-0.39, 0.29) is 6.04 Å². The summed E-state index contributed by atoms with van der Waals surface area (Å²) in [6.45, 7) is 6.11. The predicted octanol–water partition coefficient (Wildman–Crippen LogP) is 6.08. The number of nitrogens with one attached hydrogen (secondary N) is 1. The fourth-order valence-electron chi connectivity index (χ4n) is 3.97. The molecule has 3 heterocycles. The van der Waals surface area contributed by atoms with Crippen molar-refractivity contribution >= 4 is 16.8 Å². The lowest BCUT2D eigenvalue weighted by atomic mass is 10.0. The Balaban J connectivity index is 1.43. The number of aromatic nitrogens is 4. The van der Waals surface area contributed by atoms with Crippen molar-refractivity contribution in [3.8, 4) is 22.4 Å². The van der Waals surface area contributed by atoms with Gasteiger partial charge in [-0.3, -0.25) is 4.68 Å². The largest absolute Gasteiger partial charge is 0.464 e. The number of anilines is 1. The molecule has 0 unspecified atom stereocenters. The van der Waals surface area contributed by atoms with Gasteiger partial charge in [-0.2, -0.15) is 5.10 Å². The summed E-state index contributed by atoms with van der Waals surface area (Å²) >= 11 is 0. The minimum absolute atomic E-state index is 0.0763. The third-order valence-electron chi connectivity index (χ3n) is 5.69. The zero-order valence-electron chi connectivity index (χ0n) is 18.6. The lowest BCUT2D eigenvalue weighted by Crippen LogP contribution is -2.09. The number of nitrogens with zero attached hydrogens (tertiary/aromatic N) is 4. The molecule has 0 spiro atoms. The molecule has 32 heavy (non-hydrogen) atoms. The highest BCUT2D eigenvalue weighted by Crippen LogP contribution is 2.29. The Kier molecular flexibility index (Phi) is 4.98. The van der Waals surface area contributed by atoms with Crippen LogP contribution in [-0.2, 0) is 7.05 Å². The van der Waals surface area contributed by atoms with Crippen LogP contribution in [0.2, 0.25) is 0 Å². The molecule has 3 aromatic heterocycles. The summed E-state index contributed by atoms with van der Waals surface area (Å²) in [5, 5.41) is 8.93. The molecule has 0 aliphatic carbocycles. The molecule has 0 amide bonds. The fourth-order valence-corrected chi connectivity index (χ4v) is 3.97. The summed E-state index contributed by atoms with van der Waals surface area (Å²) in [6.07, 6.45) is 5.69. The third-order valence-corrected chi connectivity index (χ3v) is 5.69. The van der Waals surface area contributed by atoms with Crippen molar-refractivity contribution in [2.75, 3.05) is 5.32 Å². The van der Waals surface area contributed by atoms with Gasteiger partial charge < -0.3 is 9.73 Å². The second-order valence-electron chi connectivity index (χ2n) is 8.21. The Morgan fingerprint density at radius 2 is 1.84 bits per heavy atom. The summed E-state index contributed by atoms with van der Waals surface area (Å²) < 4.78 is 7.40. The Bertz CT molecular complexity index is 1420. The highest BCUT2D eigenvalue weighted by atomic mass is 16.3. The van der Waals surface area contributed by atoms with E-state index in [0.717, 1.165) is 50.6 Å². The van der Waals surface area contributed by atoms with Gasteiger partial charge in [0.15, 0.2) is 0 Å². The molecule has 0 saturated carbocycles. The molecule has 6 heteroatoms. The topological polar surface area (TPSA) is 68.8 Å². The van der Waals surface area contributed by atoms with Gasteiger partial charge in [0.05, 0.1) is 18.2 Å². The Morgan fingerprint density at radius 3 is 2.66 bits per heavy atom. The summed E-state index contributed by atoms with van der Waals surface area (Å²) in [5.74, 6) is 1.53. The van der Waals surface area contributed by atoms with Gasteiger partial charge in [0.1, 0.15) is 17.2 Å². The van der Waals surface area contributed by atoms with E-state index in [2.05, 4.69) is 64.6 Å². The average Bonchev–Trinajstić information content (AvgIpc) is 3.39. The van der Waals surface area contributed by atoms with Crippen LogP contribution in [0, 0.1) is 13.8 Å². The van der Waals surface area contributed by atoms with E-state index < -0.39 is 0 Å². The summed E-state index contributed by atoms with van der Waals surface area (Å²) in [5.41, 5.74) is 7.37. The Hall–Kier alpha value is -3.93. The number of rotatable bonds is 5. The van der Waals surface area contributed by atoms with Crippen LogP contribution < -0.4 is 5.32 Å². The molecule has 0 aliphatic rings. The van der Waals surface area contributed by atoms with Gasteiger partial charge in [0.2, 0.25) is 0 Å². The lowest BCUT2D eigenvalue weighted by molar-refractivity contribution is 0.613. The van der Waals surface area contributed by atoms with Gasteiger partial charge in [-0.05, 0) is 61.7 Å². The van der Waals surface area contributed by atoms with Gasteiger partial charge in [-0.15, -0.1) is 0 Å². The van der Waals surface area contributed by atoms with E-state index in [9.17, 15) is 0 Å². The number of hydrogen-bond acceptors (Lipinski definition) is 5. The molecule has 5 rings (SSSR count). The van der Waals surface area contributed by atoms with Crippen LogP contribution in [0.1, 0.15) is 29.9 Å². The Morgan fingerprint density at radius 1 is 0.969 bits per heavy atom. The van der Waals surface area contributed by atoms with Crippen molar-refractivity contribution in [3.63, 3.8) is 0 Å². The van der Waals surface area contributed by atoms with Crippen LogP contribution in [-0.4, -0.2) is 19.7 Å². The maximum atomic E-state index is 5.58. The third kappa shape index (κ3) is 3.87. The first kappa shape index (κ1) is 20.0. The molecule has 1 N–H and O–H groups in total. The zero-order chi connectivity index (χ0) is 22.2. The second kappa shape index (κ2) is 7.96. The minimum Gasteiger partial charge on any atom is -0.464 e. The first-order chi connectivity index (χ1) is 15.5. The molecule has 0 radical (unpaired) electrons. The van der Waals surface area contributed by atoms with Gasteiger partial charge >= 0.3 is 0 Å². The van der Waals surface area contributed by atoms with E-state index in [1.165, 1.54) is 5.56 Å². The van der Waals surface area contributed by atoms with Crippen LogP contribution in [0.25, 0.3) is 33.4 Å². The molecule has 160 valence electrons. The van der Waals surface area contributed by atoms with Gasteiger partial charge in [-0.25, -0.2) is 9.97 Å². The zero-order valence-corrected chi connectivity index (χ0v) is 18.6. The maximum Gasteiger partial charge on any atom is 0.134 e. The van der Waals surface area contributed by atoms with Crippen molar-refractivity contribution in [1.82, 2.24) is 19.7 Å². The van der Waals surface area contributed by atoms with E-state index in [1.54, 1.807) is 6.26 Å². The van der Waals surface area contributed by atoms with E-state index >= 15 is 0 Å². The van der Waals surface area contributed by atoms with Crippen molar-refractivity contribution in [1.29, 1.82) is 0 Å². The molecule has 0 aliphatic heterocycles. The van der Waals surface area contributed by atoms with Crippen molar-refractivity contribution in [2.24, 2.45) is 7.05 Å². The van der Waals surface area contributed by atoms with Gasteiger partial charge in [0.25, 0.3) is 0 Å². The van der Waals surface area contributed by atoms with Crippen LogP contribution in [0.4, 0.5) is 5.82 Å². The molecule has 2 aromatic carbocycles. The summed E-state index contributed by atoms with van der Waals surface area (Å²) in [4.78, 5) is 9.29. The summed E-state index contributed by atoms with van der Waals surface area (Å²) in [7, 11) is 1.93. The average molecular weight is 424 g/mol. The fraction of sp³-hybridized carbons (Fsp3) is 0.192. The molecule has 1 atom stereocenters. The molecule has 0 saturated heterocycles. The second-order valence-corrected chi connectivity index (χ2v) is 8.21. The van der Waals surface area contributed by atoms with Gasteiger partial charge in [0, 0.05) is 41.9 Å². The van der Waals surface area contributed by atoms with Crippen LogP contribution in [0.15, 0.2) is 71.6 Å². The SMILES string of the molecule is Cc1nc(N[C@@H](C)c2cccc(-c3cnn(C)c3)c2)cc(-c2ccc3occ(C)c3c2)n1. The van der Waals surface area contributed by atoms with E-state index in [4.69, 9.17) is 4.42 Å². The lowest BCUT2D eigenvalue weighted by Gasteiger charge is -2.17. The molecule has 0 fully saturated rings. The molecular formula is C26H25N5O. The van der Waals surface area contributed by atoms with Crippen molar-refractivity contribution in [3.05, 3.63) is 84.1 Å². The Labute approximate surface area is 186 Å². The normalized spacial score (nSPS) is 12.2. The standard InChI is InChI=1S/C26H25N5O/c1-16-15-32-25-9-8-21(11-23(16)25)24-12-26(30-18(3)29-24)28-17(2)19-6-5-7-20(10-19)22-13-27-31(4)14-22/h5-15,17H,1-4H3,(H,28,29,30)/t17-/m0/s1. The summed E-state index contributed by atoms with van der Waals surface area (Å²) in [6, 6.07) is 16.7. The molecular weight excluding hydrogens is 398 g/mol. The number of benzene rings is 2. The highest BCUT2D eigenvalue weighted by molar-refractivity contribution is 5.85. The number of furan rings is 1. The van der Waals surface area contributed by atoms with E-state index in [1.807, 2.05) is 49.2 Å². The highest BCUT2D eigenvalue weighted by Gasteiger charge is 2.12. The maximum absolute atomic E-state index is 5.58. The molecule has 6 nitrogen and oxygen atoms in total. The quantitative estimate of drug-likeness (QED) is 0.371. The van der Waals surface area contributed by atoms with Crippen molar-refractivity contribution in [2.45, 2.75) is 26.8 Å². The number of hydrogen-bond donors (Lipinski definition) is 1. The minimum atomic E-state index is 0.0763. The van der Waals surface area contributed by atoms with Crippen molar-refractivity contribution < 1.29 is 4.42 Å². The van der Waals surface area contributed by atoms with E-state index in [0.29, 0.717) is 0 Å². The predicted molar refractivity (Wildman–Crippen MR) is 127 cm³/mol. The first-order valence-corrected chi connectivity index (χ1v) is 10.7. The van der Waals surface area contributed by atoms with Crippen LogP contribution in [0.5, 0.6) is 0 Å². The molecule has 0 bridgehead atoms. The van der Waals surface area contributed by atoms with Crippen LogP contribution in [0.3, 0.4) is 0 Å². The molecule has 5 aromatic rings. The van der Waals surface area contributed by atoms with Crippen LogP contribution >= 0.6 is 0 Å². The monoisotopic (exact) mass is 423 g/mol.